The number of nitrogens with two attached hydrogens (primary N) is 1. The van der Waals surface area contributed by atoms with Gasteiger partial charge in [-0.2, -0.15) is 0 Å². The van der Waals surface area contributed by atoms with E-state index in [9.17, 15) is 9.59 Å². The van der Waals surface area contributed by atoms with Crippen molar-refractivity contribution in [2.45, 2.75) is 0 Å². The summed E-state index contributed by atoms with van der Waals surface area (Å²) in [4.78, 5) is 26.6. The number of nitrogens with zero attached hydrogens (tertiary/aromatic N) is 3. The molecule has 15 rings (SSSR count). The van der Waals surface area contributed by atoms with Crippen molar-refractivity contribution in [1.82, 2.24) is 13.4 Å². The minimum absolute atomic E-state index is 0.0269. The number of pyridine rings is 2. The molecule has 0 saturated heterocycles. The fourth-order valence-corrected chi connectivity index (χ4v) is 11.7. The monoisotopic (exact) mass is 1030 g/mol. The van der Waals surface area contributed by atoms with Gasteiger partial charge in [-0.05, 0) is 94.7 Å². The molecular formula is C62H38Br2N4O2. The minimum Gasteiger partial charge on any atom is -0.399 e. The average molecular weight is 1030 g/mol. The molecule has 0 bridgehead atoms. The summed E-state index contributed by atoms with van der Waals surface area (Å²) in [5, 5.41) is 12.5. The molecule has 0 aliphatic heterocycles. The van der Waals surface area contributed by atoms with Crippen molar-refractivity contribution in [2.24, 2.45) is 0 Å². The predicted octanol–water partition coefficient (Wildman–Crippen LogP) is 16.0. The maximum atomic E-state index is 13.6. The summed E-state index contributed by atoms with van der Waals surface area (Å²) in [6, 6.07) is 73.9. The van der Waals surface area contributed by atoms with Gasteiger partial charge in [0.05, 0.1) is 33.1 Å². The molecule has 0 aliphatic rings. The molecule has 0 amide bonds. The van der Waals surface area contributed by atoms with Crippen LogP contribution < -0.4 is 16.9 Å². The van der Waals surface area contributed by atoms with E-state index in [1.54, 1.807) is 0 Å². The number of aromatic nitrogens is 3. The van der Waals surface area contributed by atoms with Gasteiger partial charge in [-0.1, -0.05) is 177 Å². The highest BCUT2D eigenvalue weighted by atomic mass is 79.9. The number of hydrogen-bond acceptors (Lipinski definition) is 3. The van der Waals surface area contributed by atoms with Crippen LogP contribution in [0.5, 0.6) is 0 Å². The Morgan fingerprint density at radius 1 is 0.314 bits per heavy atom. The fraction of sp³-hybridized carbons (Fsp3) is 0. The van der Waals surface area contributed by atoms with Gasteiger partial charge >= 0.3 is 0 Å². The van der Waals surface area contributed by atoms with E-state index in [1.807, 2.05) is 106 Å². The van der Waals surface area contributed by atoms with E-state index in [0.717, 1.165) is 90.6 Å². The highest BCUT2D eigenvalue weighted by Crippen LogP contribution is 2.39. The SMILES string of the molecule is Brc1ccccc1-c1ccccc1Br.Nc1ccc2c(c1)c1cccc3c4ccccc4c(=O)n2c31.O=c1c2ccccc2c2cccc3c4cc(-n5c6ccccc6c6ccccc65)ccc4n1c23. The standard InChI is InChI=1S/C31H18N2O.C19H12N2O.C12H8Br2/c34-31-25-11-2-1-8-20(25)23-12-7-13-24-26-18-19(16-17-29(26)33(31)30(23)24)32-27-14-5-3-9-21(27)22-10-4-6-15-28(22)32;20-11-8-9-17-16(10-11)14-7-3-6-13-12-4-1-2-5-15(12)19(22)21(17)18(13)14;13-11-7-3-1-5-9(11)10-6-2-4-8-12(10)14/h1-18H;1-10H,20H2;1-8H. The second-order valence-corrected chi connectivity index (χ2v) is 19.3. The van der Waals surface area contributed by atoms with E-state index in [-0.39, 0.29) is 11.1 Å². The first-order valence-corrected chi connectivity index (χ1v) is 24.6. The number of hydrogen-bond donors (Lipinski definition) is 1. The summed E-state index contributed by atoms with van der Waals surface area (Å²) in [5.74, 6) is 0. The van der Waals surface area contributed by atoms with Crippen LogP contribution in [0, 0.1) is 0 Å². The topological polar surface area (TPSA) is 73.9 Å². The van der Waals surface area contributed by atoms with Crippen molar-refractivity contribution in [3.63, 3.8) is 0 Å². The average Bonchev–Trinajstić information content (AvgIpc) is 4.04. The Morgan fingerprint density at radius 2 is 0.686 bits per heavy atom. The number of halogens is 2. The maximum Gasteiger partial charge on any atom is 0.263 e. The summed E-state index contributed by atoms with van der Waals surface area (Å²) < 4.78 is 8.28. The zero-order valence-electron chi connectivity index (χ0n) is 37.3. The molecule has 0 atom stereocenters. The van der Waals surface area contributed by atoms with Gasteiger partial charge in [-0.3, -0.25) is 18.4 Å². The smallest absolute Gasteiger partial charge is 0.263 e. The Hall–Kier alpha value is -8.30. The number of para-hydroxylation sites is 4. The van der Waals surface area contributed by atoms with Crippen molar-refractivity contribution < 1.29 is 0 Å². The maximum absolute atomic E-state index is 13.6. The number of benzene rings is 10. The summed E-state index contributed by atoms with van der Waals surface area (Å²) in [7, 11) is 0. The summed E-state index contributed by atoms with van der Waals surface area (Å²) in [6.45, 7) is 0. The van der Waals surface area contributed by atoms with Crippen LogP contribution in [0.4, 0.5) is 5.69 Å². The molecule has 0 aliphatic carbocycles. The normalized spacial score (nSPS) is 11.7. The molecule has 8 heteroatoms. The Morgan fingerprint density at radius 3 is 1.17 bits per heavy atom. The van der Waals surface area contributed by atoms with Crippen LogP contribution in [-0.2, 0) is 0 Å². The Labute approximate surface area is 416 Å². The Kier molecular flexibility index (Phi) is 9.83. The Bertz CT molecular complexity index is 4610. The lowest BCUT2D eigenvalue weighted by molar-refractivity contribution is 1.18. The van der Waals surface area contributed by atoms with Crippen LogP contribution in [0.3, 0.4) is 0 Å². The highest BCUT2D eigenvalue weighted by molar-refractivity contribution is 9.11. The molecular weight excluding hydrogens is 993 g/mol. The van der Waals surface area contributed by atoms with Gasteiger partial charge in [0.25, 0.3) is 11.1 Å². The molecule has 6 nitrogen and oxygen atoms in total. The van der Waals surface area contributed by atoms with E-state index in [2.05, 4.69) is 158 Å². The molecule has 5 aromatic heterocycles. The molecule has 5 heterocycles. The molecule has 0 unspecified atom stereocenters. The summed E-state index contributed by atoms with van der Waals surface area (Å²) >= 11 is 7.09. The van der Waals surface area contributed by atoms with Crippen molar-refractivity contribution in [1.29, 1.82) is 0 Å². The van der Waals surface area contributed by atoms with E-state index in [0.29, 0.717) is 5.69 Å². The molecule has 15 aromatic rings. The number of rotatable bonds is 2. The van der Waals surface area contributed by atoms with E-state index in [1.165, 1.54) is 32.9 Å². The zero-order chi connectivity index (χ0) is 47.2. The lowest BCUT2D eigenvalue weighted by Crippen LogP contribution is -2.12. The molecule has 0 radical (unpaired) electrons. The minimum atomic E-state index is 0.0269. The first-order chi connectivity index (χ1) is 34.4. The third kappa shape index (κ3) is 6.37. The summed E-state index contributed by atoms with van der Waals surface area (Å²) in [6.07, 6.45) is 0. The van der Waals surface area contributed by atoms with Crippen molar-refractivity contribution >= 4 is 135 Å². The van der Waals surface area contributed by atoms with Crippen LogP contribution in [0.25, 0.3) is 115 Å². The fourth-order valence-electron chi connectivity index (χ4n) is 10.7. The third-order valence-electron chi connectivity index (χ3n) is 13.8. The molecule has 70 heavy (non-hydrogen) atoms. The van der Waals surface area contributed by atoms with Gasteiger partial charge in [0.2, 0.25) is 0 Å². The quantitative estimate of drug-likeness (QED) is 0.138. The largest absolute Gasteiger partial charge is 0.399 e. The zero-order valence-corrected chi connectivity index (χ0v) is 40.4. The van der Waals surface area contributed by atoms with Crippen LogP contribution in [0.15, 0.2) is 237 Å². The summed E-state index contributed by atoms with van der Waals surface area (Å²) in [5.41, 5.74) is 16.4. The third-order valence-corrected chi connectivity index (χ3v) is 15.1. The highest BCUT2D eigenvalue weighted by Gasteiger charge is 2.20. The molecule has 332 valence electrons. The van der Waals surface area contributed by atoms with E-state index < -0.39 is 0 Å². The second-order valence-electron chi connectivity index (χ2n) is 17.6. The van der Waals surface area contributed by atoms with Gasteiger partial charge in [0, 0.05) is 74.2 Å². The van der Waals surface area contributed by atoms with Gasteiger partial charge in [0.15, 0.2) is 0 Å². The molecule has 0 saturated carbocycles. The van der Waals surface area contributed by atoms with E-state index >= 15 is 0 Å². The van der Waals surface area contributed by atoms with Crippen LogP contribution in [-0.4, -0.2) is 13.4 Å². The van der Waals surface area contributed by atoms with Crippen LogP contribution in [0.1, 0.15) is 0 Å². The Balaban J connectivity index is 0.000000114. The lowest BCUT2D eigenvalue weighted by atomic mass is 10.0. The van der Waals surface area contributed by atoms with E-state index in [4.69, 9.17) is 5.73 Å². The van der Waals surface area contributed by atoms with Gasteiger partial charge in [-0.15, -0.1) is 0 Å². The van der Waals surface area contributed by atoms with Gasteiger partial charge < -0.3 is 10.3 Å². The number of anilines is 1. The predicted molar refractivity (Wildman–Crippen MR) is 301 cm³/mol. The van der Waals surface area contributed by atoms with Gasteiger partial charge in [-0.25, -0.2) is 0 Å². The first kappa shape index (κ1) is 41.9. The van der Waals surface area contributed by atoms with Gasteiger partial charge in [0.1, 0.15) is 0 Å². The lowest BCUT2D eigenvalue weighted by Gasteiger charge is -2.08. The molecule has 10 aromatic carbocycles. The van der Waals surface area contributed by atoms with Crippen LogP contribution in [0.2, 0.25) is 0 Å². The van der Waals surface area contributed by atoms with Crippen LogP contribution >= 0.6 is 31.9 Å². The van der Waals surface area contributed by atoms with Crippen molar-refractivity contribution in [3.8, 4) is 16.8 Å². The number of nitrogen functional groups attached to an aromatic ring is 1. The number of fused-ring (bicyclic) bond motifs is 13. The first-order valence-electron chi connectivity index (χ1n) is 23.0. The molecule has 0 fully saturated rings. The second kappa shape index (κ2) is 16.4. The molecule has 0 spiro atoms. The van der Waals surface area contributed by atoms with Crippen molar-refractivity contribution in [3.05, 3.63) is 248 Å². The van der Waals surface area contributed by atoms with Crippen molar-refractivity contribution in [2.75, 3.05) is 5.73 Å². The molecule has 2 N–H and O–H groups in total.